The molecule has 0 amide bonds. The van der Waals surface area contributed by atoms with E-state index in [1.807, 2.05) is 0 Å². The molecule has 2 atom stereocenters. The molecule has 1 aliphatic heterocycles. The SMILES string of the molecule is Nc1ccc(S(=O)CC2CCCO2)c(F)c1. The third kappa shape index (κ3) is 2.59. The highest BCUT2D eigenvalue weighted by Gasteiger charge is 2.20. The van der Waals surface area contributed by atoms with Gasteiger partial charge in [-0.25, -0.2) is 4.39 Å². The van der Waals surface area contributed by atoms with Crippen LogP contribution in [-0.2, 0) is 15.5 Å². The molecule has 0 aliphatic carbocycles. The molecule has 1 aliphatic rings. The van der Waals surface area contributed by atoms with Crippen molar-refractivity contribution < 1.29 is 13.3 Å². The summed E-state index contributed by atoms with van der Waals surface area (Å²) in [6.07, 6.45) is 1.90. The summed E-state index contributed by atoms with van der Waals surface area (Å²) in [5, 5.41) is 0. The summed E-state index contributed by atoms with van der Waals surface area (Å²) < 4.78 is 30.7. The zero-order valence-electron chi connectivity index (χ0n) is 8.82. The minimum Gasteiger partial charge on any atom is -0.399 e. The Morgan fingerprint density at radius 2 is 2.38 bits per heavy atom. The van der Waals surface area contributed by atoms with Gasteiger partial charge in [0.05, 0.1) is 27.6 Å². The van der Waals surface area contributed by atoms with Gasteiger partial charge < -0.3 is 10.5 Å². The molecule has 0 saturated carbocycles. The van der Waals surface area contributed by atoms with E-state index in [1.54, 1.807) is 6.07 Å². The highest BCUT2D eigenvalue weighted by molar-refractivity contribution is 7.85. The Kier molecular flexibility index (Phi) is 3.56. The van der Waals surface area contributed by atoms with Crippen molar-refractivity contribution in [3.05, 3.63) is 24.0 Å². The van der Waals surface area contributed by atoms with E-state index in [0.717, 1.165) is 12.8 Å². The summed E-state index contributed by atoms with van der Waals surface area (Å²) in [6, 6.07) is 4.24. The largest absolute Gasteiger partial charge is 0.399 e. The lowest BCUT2D eigenvalue weighted by Gasteiger charge is -2.09. The molecule has 0 radical (unpaired) electrons. The van der Waals surface area contributed by atoms with Gasteiger partial charge in [0.1, 0.15) is 5.82 Å². The molecule has 3 nitrogen and oxygen atoms in total. The van der Waals surface area contributed by atoms with Crippen molar-refractivity contribution in [2.75, 3.05) is 18.1 Å². The smallest absolute Gasteiger partial charge is 0.141 e. The Balaban J connectivity index is 2.08. The fourth-order valence-electron chi connectivity index (χ4n) is 1.74. The van der Waals surface area contributed by atoms with Crippen molar-refractivity contribution >= 4 is 16.5 Å². The second kappa shape index (κ2) is 4.93. The van der Waals surface area contributed by atoms with Crippen LogP contribution < -0.4 is 5.73 Å². The van der Waals surface area contributed by atoms with E-state index in [9.17, 15) is 8.60 Å². The third-order valence-electron chi connectivity index (χ3n) is 2.56. The molecule has 5 heteroatoms. The standard InChI is InChI=1S/C11H14FNO2S/c12-10-6-8(13)3-4-11(10)16(14)7-9-2-1-5-15-9/h3-4,6,9H,1-2,5,7,13H2. The van der Waals surface area contributed by atoms with Crippen molar-refractivity contribution in [1.29, 1.82) is 0 Å². The second-order valence-corrected chi connectivity index (χ2v) is 5.30. The van der Waals surface area contributed by atoms with E-state index in [2.05, 4.69) is 0 Å². The maximum Gasteiger partial charge on any atom is 0.141 e. The summed E-state index contributed by atoms with van der Waals surface area (Å²) >= 11 is 0. The second-order valence-electron chi connectivity index (χ2n) is 3.84. The molecule has 1 saturated heterocycles. The van der Waals surface area contributed by atoms with Crippen LogP contribution in [0, 0.1) is 5.82 Å². The molecular weight excluding hydrogens is 229 g/mol. The van der Waals surface area contributed by atoms with Gasteiger partial charge in [-0.2, -0.15) is 0 Å². The molecule has 1 aromatic carbocycles. The Bertz CT molecular complexity index is 405. The first-order chi connectivity index (χ1) is 7.66. The molecule has 1 fully saturated rings. The van der Waals surface area contributed by atoms with Crippen LogP contribution in [0.2, 0.25) is 0 Å². The first kappa shape index (κ1) is 11.5. The van der Waals surface area contributed by atoms with Crippen LogP contribution in [0.15, 0.2) is 23.1 Å². The van der Waals surface area contributed by atoms with Gasteiger partial charge in [0, 0.05) is 12.3 Å². The molecule has 88 valence electrons. The summed E-state index contributed by atoms with van der Waals surface area (Å²) in [6.45, 7) is 0.714. The Hall–Kier alpha value is -0.940. The molecule has 1 aromatic rings. The maximum absolute atomic E-state index is 13.5. The van der Waals surface area contributed by atoms with Crippen molar-refractivity contribution in [1.82, 2.24) is 0 Å². The van der Waals surface area contributed by atoms with Crippen LogP contribution in [0.5, 0.6) is 0 Å². The lowest BCUT2D eigenvalue weighted by molar-refractivity contribution is 0.128. The van der Waals surface area contributed by atoms with Gasteiger partial charge in [-0.3, -0.25) is 4.21 Å². The normalized spacial score (nSPS) is 22.2. The number of halogens is 1. The van der Waals surface area contributed by atoms with Crippen molar-refractivity contribution in [2.24, 2.45) is 0 Å². The van der Waals surface area contributed by atoms with Crippen LogP contribution in [0.4, 0.5) is 10.1 Å². The molecule has 0 spiro atoms. The lowest BCUT2D eigenvalue weighted by Crippen LogP contribution is -2.16. The van der Waals surface area contributed by atoms with Gasteiger partial charge in [-0.05, 0) is 31.0 Å². The molecule has 16 heavy (non-hydrogen) atoms. The predicted octanol–water partition coefficient (Wildman–Crippen LogP) is 1.69. The Morgan fingerprint density at radius 1 is 1.56 bits per heavy atom. The molecule has 2 unspecified atom stereocenters. The fraction of sp³-hybridized carbons (Fsp3) is 0.455. The van der Waals surface area contributed by atoms with Gasteiger partial charge in [0.2, 0.25) is 0 Å². The van der Waals surface area contributed by atoms with Gasteiger partial charge in [0.15, 0.2) is 0 Å². The topological polar surface area (TPSA) is 52.3 Å². The van der Waals surface area contributed by atoms with Crippen LogP contribution in [-0.4, -0.2) is 22.7 Å². The summed E-state index contributed by atoms with van der Waals surface area (Å²) in [4.78, 5) is 0.213. The van der Waals surface area contributed by atoms with Gasteiger partial charge in [-0.1, -0.05) is 0 Å². The number of nitrogens with two attached hydrogens (primary N) is 1. The van der Waals surface area contributed by atoms with E-state index in [0.29, 0.717) is 18.0 Å². The van der Waals surface area contributed by atoms with E-state index in [4.69, 9.17) is 10.5 Å². The quantitative estimate of drug-likeness (QED) is 0.822. The van der Waals surface area contributed by atoms with Crippen molar-refractivity contribution in [3.63, 3.8) is 0 Å². The number of rotatable bonds is 3. The average Bonchev–Trinajstić information content (AvgIpc) is 2.70. The first-order valence-corrected chi connectivity index (χ1v) is 6.53. The average molecular weight is 243 g/mol. The van der Waals surface area contributed by atoms with E-state index in [1.165, 1.54) is 12.1 Å². The zero-order chi connectivity index (χ0) is 11.5. The summed E-state index contributed by atoms with van der Waals surface area (Å²) in [5.41, 5.74) is 5.77. The van der Waals surface area contributed by atoms with Gasteiger partial charge in [-0.15, -0.1) is 0 Å². The van der Waals surface area contributed by atoms with Crippen molar-refractivity contribution in [3.8, 4) is 0 Å². The van der Waals surface area contributed by atoms with Gasteiger partial charge >= 0.3 is 0 Å². The lowest BCUT2D eigenvalue weighted by atomic mass is 10.3. The van der Waals surface area contributed by atoms with Crippen LogP contribution in [0.1, 0.15) is 12.8 Å². The molecular formula is C11H14FNO2S. The van der Waals surface area contributed by atoms with Crippen LogP contribution in [0.3, 0.4) is 0 Å². The number of hydrogen-bond donors (Lipinski definition) is 1. The highest BCUT2D eigenvalue weighted by atomic mass is 32.2. The van der Waals surface area contributed by atoms with E-state index >= 15 is 0 Å². The van der Waals surface area contributed by atoms with Crippen molar-refractivity contribution in [2.45, 2.75) is 23.8 Å². The molecule has 2 rings (SSSR count). The number of ether oxygens (including phenoxy) is 1. The Morgan fingerprint density at radius 3 is 3.00 bits per heavy atom. The number of benzene rings is 1. The minimum atomic E-state index is -1.35. The summed E-state index contributed by atoms with van der Waals surface area (Å²) in [5.74, 6) is -0.141. The number of hydrogen-bond acceptors (Lipinski definition) is 3. The molecule has 0 bridgehead atoms. The first-order valence-electron chi connectivity index (χ1n) is 5.22. The summed E-state index contributed by atoms with van der Waals surface area (Å²) in [7, 11) is -1.35. The minimum absolute atomic E-state index is 0.00205. The fourth-order valence-corrected chi connectivity index (χ4v) is 3.01. The molecule has 2 N–H and O–H groups in total. The van der Waals surface area contributed by atoms with Crippen LogP contribution in [0.25, 0.3) is 0 Å². The number of anilines is 1. The van der Waals surface area contributed by atoms with E-state index in [-0.39, 0.29) is 11.0 Å². The third-order valence-corrected chi connectivity index (χ3v) is 4.06. The number of nitrogen functional groups attached to an aromatic ring is 1. The molecule has 0 aromatic heterocycles. The van der Waals surface area contributed by atoms with E-state index < -0.39 is 16.6 Å². The van der Waals surface area contributed by atoms with Gasteiger partial charge in [0.25, 0.3) is 0 Å². The predicted molar refractivity (Wildman–Crippen MR) is 61.1 cm³/mol. The monoisotopic (exact) mass is 243 g/mol. The maximum atomic E-state index is 13.5. The highest BCUT2D eigenvalue weighted by Crippen LogP contribution is 2.19. The Labute approximate surface area is 96.2 Å². The molecule has 1 heterocycles. The zero-order valence-corrected chi connectivity index (χ0v) is 9.63. The van der Waals surface area contributed by atoms with Crippen LogP contribution >= 0.6 is 0 Å².